The molecule has 3 rings (SSSR count). The van der Waals surface area contributed by atoms with Crippen LogP contribution in [0.3, 0.4) is 0 Å². The fourth-order valence-electron chi connectivity index (χ4n) is 3.26. The summed E-state index contributed by atoms with van der Waals surface area (Å²) >= 11 is 0. The molecule has 3 atom stereocenters. The minimum atomic E-state index is 0.0955. The normalized spacial score (nSPS) is 31.6. The van der Waals surface area contributed by atoms with E-state index in [0.717, 1.165) is 17.4 Å². The van der Waals surface area contributed by atoms with Crippen molar-refractivity contribution in [3.8, 4) is 0 Å². The molecule has 84 valence electrons. The Morgan fingerprint density at radius 2 is 1.94 bits per heavy atom. The molecule has 2 fully saturated rings. The van der Waals surface area contributed by atoms with Crippen LogP contribution in [0.2, 0.25) is 0 Å². The van der Waals surface area contributed by atoms with Gasteiger partial charge in [-0.15, -0.1) is 0 Å². The van der Waals surface area contributed by atoms with Gasteiger partial charge in [0.05, 0.1) is 0 Å². The molecule has 2 heteroatoms. The van der Waals surface area contributed by atoms with Crippen molar-refractivity contribution >= 4 is 5.91 Å². The highest BCUT2D eigenvalue weighted by molar-refractivity contribution is 5.94. The fourth-order valence-corrected chi connectivity index (χ4v) is 3.26. The van der Waals surface area contributed by atoms with Crippen molar-refractivity contribution in [2.24, 2.45) is 11.8 Å². The molecule has 0 unspecified atom stereocenters. The molecule has 0 heterocycles. The monoisotopic (exact) mass is 215 g/mol. The van der Waals surface area contributed by atoms with E-state index in [0.29, 0.717) is 6.04 Å². The summed E-state index contributed by atoms with van der Waals surface area (Å²) < 4.78 is 0. The first-order valence-electron chi connectivity index (χ1n) is 6.19. The molecule has 1 amide bonds. The average Bonchev–Trinajstić information content (AvgIpc) is 2.92. The second-order valence-electron chi connectivity index (χ2n) is 5.12. The lowest BCUT2D eigenvalue weighted by Gasteiger charge is -2.22. The maximum atomic E-state index is 12.0. The largest absolute Gasteiger partial charge is 0.349 e. The minimum Gasteiger partial charge on any atom is -0.349 e. The SMILES string of the molecule is O=C(N[C@@H]1C[C@H]2CC[C@H]1C2)c1ccccc1. The fraction of sp³-hybridized carbons (Fsp3) is 0.500. The van der Waals surface area contributed by atoms with Gasteiger partial charge in [0.1, 0.15) is 0 Å². The Kier molecular flexibility index (Phi) is 2.43. The quantitative estimate of drug-likeness (QED) is 0.807. The van der Waals surface area contributed by atoms with Crippen LogP contribution in [0.4, 0.5) is 0 Å². The summed E-state index contributed by atoms with van der Waals surface area (Å²) in [6.45, 7) is 0. The van der Waals surface area contributed by atoms with E-state index >= 15 is 0 Å². The number of rotatable bonds is 2. The van der Waals surface area contributed by atoms with E-state index in [9.17, 15) is 4.79 Å². The highest BCUT2D eigenvalue weighted by Gasteiger charge is 2.40. The maximum Gasteiger partial charge on any atom is 0.251 e. The number of carbonyl (C=O) groups is 1. The number of fused-ring (bicyclic) bond motifs is 2. The number of benzene rings is 1. The Labute approximate surface area is 96.1 Å². The van der Waals surface area contributed by atoms with Crippen molar-refractivity contribution < 1.29 is 4.79 Å². The van der Waals surface area contributed by atoms with Crippen LogP contribution >= 0.6 is 0 Å². The Hall–Kier alpha value is -1.31. The highest BCUT2D eigenvalue weighted by Crippen LogP contribution is 2.44. The first-order chi connectivity index (χ1) is 7.83. The van der Waals surface area contributed by atoms with Gasteiger partial charge in [-0.1, -0.05) is 24.6 Å². The third-order valence-electron chi connectivity index (χ3n) is 4.09. The molecule has 1 aromatic carbocycles. The molecule has 0 saturated heterocycles. The second-order valence-corrected chi connectivity index (χ2v) is 5.12. The van der Waals surface area contributed by atoms with Crippen LogP contribution in [0.5, 0.6) is 0 Å². The van der Waals surface area contributed by atoms with E-state index in [1.807, 2.05) is 30.3 Å². The molecular weight excluding hydrogens is 198 g/mol. The van der Waals surface area contributed by atoms with Crippen molar-refractivity contribution in [1.82, 2.24) is 5.32 Å². The maximum absolute atomic E-state index is 12.0. The molecule has 0 aliphatic heterocycles. The van der Waals surface area contributed by atoms with Crippen molar-refractivity contribution in [2.45, 2.75) is 31.7 Å². The van der Waals surface area contributed by atoms with Gasteiger partial charge in [-0.25, -0.2) is 0 Å². The van der Waals surface area contributed by atoms with Gasteiger partial charge in [-0.3, -0.25) is 4.79 Å². The molecule has 0 radical (unpaired) electrons. The molecule has 16 heavy (non-hydrogen) atoms. The van der Waals surface area contributed by atoms with Crippen LogP contribution in [-0.2, 0) is 0 Å². The van der Waals surface area contributed by atoms with Gasteiger partial charge in [0.15, 0.2) is 0 Å². The summed E-state index contributed by atoms with van der Waals surface area (Å²) in [6.07, 6.45) is 5.22. The molecule has 2 saturated carbocycles. The first-order valence-corrected chi connectivity index (χ1v) is 6.19. The second kappa shape index (κ2) is 3.93. The van der Waals surface area contributed by atoms with Crippen LogP contribution in [0.1, 0.15) is 36.0 Å². The molecule has 2 bridgehead atoms. The van der Waals surface area contributed by atoms with E-state index < -0.39 is 0 Å². The molecule has 1 aromatic rings. The van der Waals surface area contributed by atoms with Crippen LogP contribution < -0.4 is 5.32 Å². The van der Waals surface area contributed by atoms with Gasteiger partial charge in [-0.05, 0) is 43.2 Å². The Bertz CT molecular complexity index is 387. The molecular formula is C14H17NO. The van der Waals surface area contributed by atoms with Crippen molar-refractivity contribution in [1.29, 1.82) is 0 Å². The van der Waals surface area contributed by atoms with Crippen molar-refractivity contribution in [3.05, 3.63) is 35.9 Å². The van der Waals surface area contributed by atoms with Gasteiger partial charge < -0.3 is 5.32 Å². The third kappa shape index (κ3) is 1.73. The van der Waals surface area contributed by atoms with Gasteiger partial charge in [0, 0.05) is 11.6 Å². The summed E-state index contributed by atoms with van der Waals surface area (Å²) in [6, 6.07) is 9.96. The standard InChI is InChI=1S/C14H17NO/c16-14(11-4-2-1-3-5-11)15-13-9-10-6-7-12(13)8-10/h1-5,10,12-13H,6-9H2,(H,15,16)/t10-,12-,13+/m0/s1. The zero-order valence-electron chi connectivity index (χ0n) is 9.36. The van der Waals surface area contributed by atoms with Gasteiger partial charge in [-0.2, -0.15) is 0 Å². The summed E-state index contributed by atoms with van der Waals surface area (Å²) in [4.78, 5) is 12.0. The van der Waals surface area contributed by atoms with Crippen LogP contribution in [0.25, 0.3) is 0 Å². The number of hydrogen-bond acceptors (Lipinski definition) is 1. The average molecular weight is 215 g/mol. The third-order valence-corrected chi connectivity index (χ3v) is 4.09. The molecule has 1 N–H and O–H groups in total. The molecule has 2 nitrogen and oxygen atoms in total. The molecule has 2 aliphatic rings. The van der Waals surface area contributed by atoms with E-state index in [2.05, 4.69) is 5.32 Å². The Morgan fingerprint density at radius 1 is 1.12 bits per heavy atom. The summed E-state index contributed by atoms with van der Waals surface area (Å²) in [5.74, 6) is 1.72. The Balaban J connectivity index is 1.65. The van der Waals surface area contributed by atoms with Gasteiger partial charge in [0.25, 0.3) is 5.91 Å². The minimum absolute atomic E-state index is 0.0955. The lowest BCUT2D eigenvalue weighted by Crippen LogP contribution is -2.38. The van der Waals surface area contributed by atoms with E-state index in [1.165, 1.54) is 25.7 Å². The van der Waals surface area contributed by atoms with Gasteiger partial charge >= 0.3 is 0 Å². The molecule has 2 aliphatic carbocycles. The molecule has 0 spiro atoms. The Morgan fingerprint density at radius 3 is 2.56 bits per heavy atom. The first kappa shape index (κ1) is 9.88. The summed E-state index contributed by atoms with van der Waals surface area (Å²) in [7, 11) is 0. The van der Waals surface area contributed by atoms with Crippen LogP contribution in [0.15, 0.2) is 30.3 Å². The zero-order valence-corrected chi connectivity index (χ0v) is 9.36. The van der Waals surface area contributed by atoms with Crippen molar-refractivity contribution in [2.75, 3.05) is 0 Å². The van der Waals surface area contributed by atoms with E-state index in [-0.39, 0.29) is 5.91 Å². The lowest BCUT2D eigenvalue weighted by atomic mass is 9.95. The lowest BCUT2D eigenvalue weighted by molar-refractivity contribution is 0.0923. The van der Waals surface area contributed by atoms with E-state index in [1.54, 1.807) is 0 Å². The van der Waals surface area contributed by atoms with Crippen LogP contribution in [-0.4, -0.2) is 11.9 Å². The summed E-state index contributed by atoms with van der Waals surface area (Å²) in [5, 5.41) is 3.19. The predicted octanol–water partition coefficient (Wildman–Crippen LogP) is 2.61. The zero-order chi connectivity index (χ0) is 11.0. The predicted molar refractivity (Wildman–Crippen MR) is 63.1 cm³/mol. The van der Waals surface area contributed by atoms with E-state index in [4.69, 9.17) is 0 Å². The number of hydrogen-bond donors (Lipinski definition) is 1. The molecule has 0 aromatic heterocycles. The highest BCUT2D eigenvalue weighted by atomic mass is 16.1. The number of carbonyl (C=O) groups excluding carboxylic acids is 1. The summed E-state index contributed by atoms with van der Waals surface area (Å²) in [5.41, 5.74) is 0.783. The van der Waals surface area contributed by atoms with Gasteiger partial charge in [0.2, 0.25) is 0 Å². The topological polar surface area (TPSA) is 29.1 Å². The van der Waals surface area contributed by atoms with Crippen molar-refractivity contribution in [3.63, 3.8) is 0 Å². The van der Waals surface area contributed by atoms with Crippen LogP contribution in [0, 0.1) is 11.8 Å². The number of amides is 1. The number of nitrogens with one attached hydrogen (secondary N) is 1. The smallest absolute Gasteiger partial charge is 0.251 e.